The first-order valence-corrected chi connectivity index (χ1v) is 11.8. The van der Waals surface area contributed by atoms with Crippen molar-refractivity contribution in [3.05, 3.63) is 52.0 Å². The molecule has 0 atom stereocenters. The Labute approximate surface area is 192 Å². The van der Waals surface area contributed by atoms with Crippen LogP contribution in [0.2, 0.25) is 0 Å². The molecule has 174 valence electrons. The van der Waals surface area contributed by atoms with Gasteiger partial charge in [-0.05, 0) is 37.8 Å². The SMILES string of the molecule is CCOC(=O)c1c(N2CCN(C(=O)C3=CCCO3)CC2)c2ccccc2n(CC2CC2)c1=O. The summed E-state index contributed by atoms with van der Waals surface area (Å²) in [6.07, 6.45) is 4.80. The number of ether oxygens (including phenoxy) is 2. The number of rotatable bonds is 6. The van der Waals surface area contributed by atoms with Crippen LogP contribution in [0.3, 0.4) is 0 Å². The monoisotopic (exact) mass is 451 g/mol. The van der Waals surface area contributed by atoms with Crippen molar-refractivity contribution < 1.29 is 19.1 Å². The smallest absolute Gasteiger partial charge is 0.345 e. The van der Waals surface area contributed by atoms with Gasteiger partial charge in [0, 0.05) is 44.5 Å². The molecule has 1 saturated carbocycles. The highest BCUT2D eigenvalue weighted by Crippen LogP contribution is 2.34. The summed E-state index contributed by atoms with van der Waals surface area (Å²) in [6.45, 7) is 5.11. The van der Waals surface area contributed by atoms with Gasteiger partial charge >= 0.3 is 5.97 Å². The molecule has 8 heteroatoms. The van der Waals surface area contributed by atoms with Crippen LogP contribution in [0.5, 0.6) is 0 Å². The molecule has 0 radical (unpaired) electrons. The van der Waals surface area contributed by atoms with Crippen LogP contribution >= 0.6 is 0 Å². The van der Waals surface area contributed by atoms with Gasteiger partial charge in [0.05, 0.1) is 24.4 Å². The van der Waals surface area contributed by atoms with E-state index in [4.69, 9.17) is 9.47 Å². The van der Waals surface area contributed by atoms with E-state index in [1.54, 1.807) is 16.4 Å². The average Bonchev–Trinajstić information content (AvgIpc) is 3.49. The van der Waals surface area contributed by atoms with E-state index in [9.17, 15) is 14.4 Å². The lowest BCUT2D eigenvalue weighted by Crippen LogP contribution is -2.50. The van der Waals surface area contributed by atoms with Crippen molar-refractivity contribution in [2.45, 2.75) is 32.7 Å². The highest BCUT2D eigenvalue weighted by molar-refractivity contribution is 6.05. The molecule has 1 aromatic heterocycles. The minimum Gasteiger partial charge on any atom is -0.488 e. The van der Waals surface area contributed by atoms with Crippen molar-refractivity contribution in [1.29, 1.82) is 0 Å². The Balaban J connectivity index is 1.53. The minimum absolute atomic E-state index is 0.0949. The van der Waals surface area contributed by atoms with Gasteiger partial charge in [0.1, 0.15) is 5.56 Å². The molecule has 1 saturated heterocycles. The van der Waals surface area contributed by atoms with E-state index in [0.29, 0.717) is 56.7 Å². The standard InChI is InChI=1S/C25H29N3O5/c1-2-32-25(31)21-22(26-11-13-27(14-12-26)23(29)20-8-5-15-33-20)18-6-3-4-7-19(18)28(24(21)30)16-17-9-10-17/h3-4,6-8,17H,2,5,9-16H2,1H3. The topological polar surface area (TPSA) is 81.1 Å². The largest absolute Gasteiger partial charge is 0.488 e. The maximum absolute atomic E-state index is 13.6. The maximum Gasteiger partial charge on any atom is 0.345 e. The number of amides is 1. The molecule has 1 amide bonds. The number of hydrogen-bond donors (Lipinski definition) is 0. The molecule has 3 heterocycles. The third-order valence-electron chi connectivity index (χ3n) is 6.56. The zero-order valence-electron chi connectivity index (χ0n) is 18.9. The first-order chi connectivity index (χ1) is 16.1. The zero-order chi connectivity index (χ0) is 22.9. The van der Waals surface area contributed by atoms with E-state index in [-0.39, 0.29) is 23.6 Å². The molecule has 0 unspecified atom stereocenters. The molecule has 0 N–H and O–H groups in total. The van der Waals surface area contributed by atoms with E-state index in [2.05, 4.69) is 0 Å². The summed E-state index contributed by atoms with van der Waals surface area (Å²) in [4.78, 5) is 43.2. The number of carbonyl (C=O) groups excluding carboxylic acids is 2. The third kappa shape index (κ3) is 4.10. The second kappa shape index (κ2) is 8.92. The summed E-state index contributed by atoms with van der Waals surface area (Å²) in [7, 11) is 0. The molecule has 1 aliphatic carbocycles. The predicted octanol–water partition coefficient (Wildman–Crippen LogP) is 2.54. The summed E-state index contributed by atoms with van der Waals surface area (Å²) in [6, 6.07) is 7.76. The highest BCUT2D eigenvalue weighted by Gasteiger charge is 2.32. The number of nitrogens with zero attached hydrogens (tertiary/aromatic N) is 3. The molecule has 2 fully saturated rings. The molecule has 8 nitrogen and oxygen atoms in total. The molecule has 0 bridgehead atoms. The van der Waals surface area contributed by atoms with Gasteiger partial charge in [0.2, 0.25) is 0 Å². The van der Waals surface area contributed by atoms with Gasteiger partial charge in [-0.25, -0.2) is 4.79 Å². The molecule has 3 aliphatic rings. The Hall–Kier alpha value is -3.29. The van der Waals surface area contributed by atoms with Gasteiger partial charge in [-0.2, -0.15) is 0 Å². The van der Waals surface area contributed by atoms with Crippen molar-refractivity contribution >= 4 is 28.5 Å². The van der Waals surface area contributed by atoms with Crippen LogP contribution < -0.4 is 10.5 Å². The normalized spacial score (nSPS) is 18.3. The predicted molar refractivity (Wildman–Crippen MR) is 124 cm³/mol. The molecule has 5 rings (SSSR count). The van der Waals surface area contributed by atoms with Gasteiger partial charge in [0.25, 0.3) is 11.5 Å². The maximum atomic E-state index is 13.6. The van der Waals surface area contributed by atoms with Crippen LogP contribution in [0, 0.1) is 5.92 Å². The second-order valence-corrected chi connectivity index (χ2v) is 8.81. The lowest BCUT2D eigenvalue weighted by molar-refractivity contribution is -0.130. The Morgan fingerprint density at radius 3 is 2.55 bits per heavy atom. The van der Waals surface area contributed by atoms with Gasteiger partial charge in [-0.3, -0.25) is 9.59 Å². The Morgan fingerprint density at radius 1 is 1.12 bits per heavy atom. The number of hydrogen-bond acceptors (Lipinski definition) is 6. The molecule has 33 heavy (non-hydrogen) atoms. The van der Waals surface area contributed by atoms with Crippen molar-refractivity contribution in [1.82, 2.24) is 9.47 Å². The Kier molecular flexibility index (Phi) is 5.83. The molecular formula is C25H29N3O5. The number of piperazine rings is 1. The summed E-state index contributed by atoms with van der Waals surface area (Å²) >= 11 is 0. The number of esters is 1. The number of aromatic nitrogens is 1. The first kappa shape index (κ1) is 21.6. The van der Waals surface area contributed by atoms with Crippen LogP contribution in [0.15, 0.2) is 40.9 Å². The third-order valence-corrected chi connectivity index (χ3v) is 6.56. The number of anilines is 1. The van der Waals surface area contributed by atoms with Gasteiger partial charge < -0.3 is 23.8 Å². The summed E-state index contributed by atoms with van der Waals surface area (Å²) in [5.41, 5.74) is 1.25. The van der Waals surface area contributed by atoms with E-state index in [0.717, 1.165) is 30.2 Å². The molecule has 2 aliphatic heterocycles. The van der Waals surface area contributed by atoms with Gasteiger partial charge in [0.15, 0.2) is 5.76 Å². The van der Waals surface area contributed by atoms with Crippen LogP contribution in [-0.4, -0.2) is 60.7 Å². The Morgan fingerprint density at radius 2 is 1.88 bits per heavy atom. The van der Waals surface area contributed by atoms with Gasteiger partial charge in [-0.15, -0.1) is 0 Å². The van der Waals surface area contributed by atoms with Crippen molar-refractivity contribution in [2.24, 2.45) is 5.92 Å². The number of fused-ring (bicyclic) bond motifs is 1. The lowest BCUT2D eigenvalue weighted by Gasteiger charge is -2.37. The lowest BCUT2D eigenvalue weighted by atomic mass is 10.1. The fourth-order valence-corrected chi connectivity index (χ4v) is 4.70. The fourth-order valence-electron chi connectivity index (χ4n) is 4.70. The number of para-hydroxylation sites is 1. The number of carbonyl (C=O) groups is 2. The van der Waals surface area contributed by atoms with Crippen LogP contribution in [0.25, 0.3) is 10.9 Å². The minimum atomic E-state index is -0.587. The van der Waals surface area contributed by atoms with E-state index >= 15 is 0 Å². The van der Waals surface area contributed by atoms with E-state index in [1.165, 1.54) is 0 Å². The van der Waals surface area contributed by atoms with E-state index in [1.807, 2.05) is 35.2 Å². The molecule has 2 aromatic rings. The fraction of sp³-hybridized carbons (Fsp3) is 0.480. The summed E-state index contributed by atoms with van der Waals surface area (Å²) in [5.74, 6) is 0.218. The van der Waals surface area contributed by atoms with Crippen LogP contribution in [0.1, 0.15) is 36.5 Å². The van der Waals surface area contributed by atoms with Crippen molar-refractivity contribution in [3.8, 4) is 0 Å². The van der Waals surface area contributed by atoms with Crippen LogP contribution in [-0.2, 0) is 20.8 Å². The van der Waals surface area contributed by atoms with Crippen molar-refractivity contribution in [3.63, 3.8) is 0 Å². The molecule has 0 spiro atoms. The highest BCUT2D eigenvalue weighted by atomic mass is 16.5. The zero-order valence-corrected chi connectivity index (χ0v) is 18.9. The average molecular weight is 452 g/mol. The van der Waals surface area contributed by atoms with Gasteiger partial charge in [-0.1, -0.05) is 18.2 Å². The second-order valence-electron chi connectivity index (χ2n) is 8.81. The Bertz CT molecular complexity index is 1170. The molecule has 1 aromatic carbocycles. The first-order valence-electron chi connectivity index (χ1n) is 11.8. The number of benzene rings is 1. The van der Waals surface area contributed by atoms with Crippen molar-refractivity contribution in [2.75, 3.05) is 44.3 Å². The molecular weight excluding hydrogens is 422 g/mol. The van der Waals surface area contributed by atoms with E-state index < -0.39 is 5.97 Å². The number of pyridine rings is 1. The van der Waals surface area contributed by atoms with Crippen LogP contribution in [0.4, 0.5) is 5.69 Å². The quantitative estimate of drug-likeness (QED) is 0.628. The summed E-state index contributed by atoms with van der Waals surface area (Å²) < 4.78 is 12.5. The summed E-state index contributed by atoms with van der Waals surface area (Å²) in [5, 5.41) is 0.863.